The first-order valence-corrected chi connectivity index (χ1v) is 5.35. The first-order valence-electron chi connectivity index (χ1n) is 5.35. The highest BCUT2D eigenvalue weighted by Gasteiger charge is 2.30. The molecule has 0 radical (unpaired) electrons. The van der Waals surface area contributed by atoms with Gasteiger partial charge in [-0.3, -0.25) is 9.47 Å². The Morgan fingerprint density at radius 2 is 1.93 bits per heavy atom. The van der Waals surface area contributed by atoms with Crippen LogP contribution in [0.4, 0.5) is 5.69 Å². The van der Waals surface area contributed by atoms with Crippen LogP contribution in [0.5, 0.6) is 0 Å². The number of hydrogen-bond donors (Lipinski definition) is 1. The first-order chi connectivity index (χ1) is 6.87. The van der Waals surface area contributed by atoms with E-state index in [1.807, 2.05) is 12.4 Å². The molecule has 1 aliphatic rings. The van der Waals surface area contributed by atoms with Gasteiger partial charge >= 0.3 is 0 Å². The summed E-state index contributed by atoms with van der Waals surface area (Å²) in [5.41, 5.74) is 1.41. The normalized spacial score (nSPS) is 20.6. The molecule has 76 valence electrons. The van der Waals surface area contributed by atoms with E-state index in [2.05, 4.69) is 29.4 Å². The quantitative estimate of drug-likeness (QED) is 0.707. The van der Waals surface area contributed by atoms with E-state index in [0.717, 1.165) is 17.6 Å². The van der Waals surface area contributed by atoms with Crippen molar-refractivity contribution in [2.75, 3.05) is 32.7 Å². The minimum Gasteiger partial charge on any atom is -0.306 e. The van der Waals surface area contributed by atoms with Gasteiger partial charge in [0.2, 0.25) is 0 Å². The summed E-state index contributed by atoms with van der Waals surface area (Å²) in [7, 11) is 0. The van der Waals surface area contributed by atoms with Gasteiger partial charge in [0.15, 0.2) is 0 Å². The first kappa shape index (κ1) is 9.62. The van der Waals surface area contributed by atoms with Crippen molar-refractivity contribution in [3.63, 3.8) is 0 Å². The van der Waals surface area contributed by atoms with Gasteiger partial charge in [-0.25, -0.2) is 0 Å². The molecule has 14 heavy (non-hydrogen) atoms. The van der Waals surface area contributed by atoms with Gasteiger partial charge in [-0.15, -0.1) is 0 Å². The number of piperazine rings is 1. The van der Waals surface area contributed by atoms with Gasteiger partial charge < -0.3 is 5.32 Å². The van der Waals surface area contributed by atoms with E-state index in [-0.39, 0.29) is 0 Å². The highest BCUT2D eigenvalue weighted by atomic mass is 15.4. The zero-order valence-electron chi connectivity index (χ0n) is 8.74. The third kappa shape index (κ3) is 1.65. The summed E-state index contributed by atoms with van der Waals surface area (Å²) < 4.78 is 1.11. The summed E-state index contributed by atoms with van der Waals surface area (Å²) in [4.78, 5) is 4.08. The van der Waals surface area contributed by atoms with E-state index in [9.17, 15) is 0 Å². The third-order valence-electron chi connectivity index (χ3n) is 3.25. The summed E-state index contributed by atoms with van der Waals surface area (Å²) in [6.07, 6.45) is 3.79. The summed E-state index contributed by atoms with van der Waals surface area (Å²) >= 11 is 0. The molecule has 2 rings (SSSR count). The molecule has 3 nitrogen and oxygen atoms in total. The van der Waals surface area contributed by atoms with Crippen molar-refractivity contribution >= 4 is 5.69 Å². The largest absolute Gasteiger partial charge is 0.306 e. The molecule has 1 saturated heterocycles. The molecule has 3 heteroatoms. The second-order valence-electron chi connectivity index (χ2n) is 3.86. The van der Waals surface area contributed by atoms with Gasteiger partial charge in [0.05, 0.1) is 19.6 Å². The molecular formula is C11H18N3+. The van der Waals surface area contributed by atoms with Gasteiger partial charge in [0, 0.05) is 37.6 Å². The van der Waals surface area contributed by atoms with E-state index in [1.165, 1.54) is 25.3 Å². The highest BCUT2D eigenvalue weighted by Crippen LogP contribution is 2.22. The molecule has 1 aromatic heterocycles. The van der Waals surface area contributed by atoms with Crippen LogP contribution in [-0.4, -0.2) is 37.7 Å². The van der Waals surface area contributed by atoms with Crippen molar-refractivity contribution in [2.45, 2.75) is 6.92 Å². The van der Waals surface area contributed by atoms with E-state index in [1.54, 1.807) is 0 Å². The molecular weight excluding hydrogens is 174 g/mol. The van der Waals surface area contributed by atoms with Crippen LogP contribution in [0.2, 0.25) is 0 Å². The van der Waals surface area contributed by atoms with Crippen molar-refractivity contribution in [2.24, 2.45) is 0 Å². The Bertz CT molecular complexity index is 278. The summed E-state index contributed by atoms with van der Waals surface area (Å²) in [6.45, 7) is 8.07. The summed E-state index contributed by atoms with van der Waals surface area (Å²) in [6, 6.07) is 4.30. The fourth-order valence-electron chi connectivity index (χ4n) is 2.24. The van der Waals surface area contributed by atoms with Crippen molar-refractivity contribution in [3.8, 4) is 0 Å². The fraction of sp³-hybridized carbons (Fsp3) is 0.545. The number of pyridine rings is 1. The van der Waals surface area contributed by atoms with Crippen molar-refractivity contribution in [1.82, 2.24) is 14.8 Å². The second kappa shape index (κ2) is 4.07. The molecule has 1 aliphatic heterocycles. The Labute approximate surface area is 85.4 Å². The molecule has 0 spiro atoms. The van der Waals surface area contributed by atoms with Crippen LogP contribution < -0.4 is 9.80 Å². The molecule has 0 aromatic carbocycles. The zero-order valence-corrected chi connectivity index (χ0v) is 8.74. The van der Waals surface area contributed by atoms with Gasteiger partial charge in [-0.1, -0.05) is 0 Å². The molecule has 0 aliphatic carbocycles. The predicted octanol–water partition coefficient (Wildman–Crippen LogP) is 1.01. The van der Waals surface area contributed by atoms with Crippen LogP contribution in [0.15, 0.2) is 24.5 Å². The lowest BCUT2D eigenvalue weighted by Gasteiger charge is -2.40. The SMILES string of the molecule is CC[N+]1(c2ccncc2)CCNCC1. The Balaban J connectivity index is 2.27. The predicted molar refractivity (Wildman–Crippen MR) is 59.2 cm³/mol. The molecule has 0 unspecified atom stereocenters. The van der Waals surface area contributed by atoms with Gasteiger partial charge in [-0.2, -0.15) is 0 Å². The number of hydrogen-bond acceptors (Lipinski definition) is 2. The number of nitrogens with zero attached hydrogens (tertiary/aromatic N) is 2. The monoisotopic (exact) mass is 192 g/mol. The zero-order chi connectivity index (χ0) is 9.86. The maximum atomic E-state index is 4.08. The average Bonchev–Trinajstić information content (AvgIpc) is 2.31. The minimum absolute atomic E-state index is 1.11. The Morgan fingerprint density at radius 1 is 1.29 bits per heavy atom. The molecule has 0 atom stereocenters. The van der Waals surface area contributed by atoms with Crippen LogP contribution in [-0.2, 0) is 0 Å². The van der Waals surface area contributed by atoms with E-state index in [4.69, 9.17) is 0 Å². The van der Waals surface area contributed by atoms with Crippen molar-refractivity contribution < 1.29 is 0 Å². The Morgan fingerprint density at radius 3 is 2.50 bits per heavy atom. The topological polar surface area (TPSA) is 24.9 Å². The average molecular weight is 192 g/mol. The fourth-order valence-corrected chi connectivity index (χ4v) is 2.24. The number of nitrogens with one attached hydrogen (secondary N) is 1. The van der Waals surface area contributed by atoms with E-state index in [0.29, 0.717) is 0 Å². The van der Waals surface area contributed by atoms with Crippen LogP contribution in [0.1, 0.15) is 6.92 Å². The van der Waals surface area contributed by atoms with Gasteiger partial charge in [0.1, 0.15) is 5.69 Å². The lowest BCUT2D eigenvalue weighted by atomic mass is 10.2. The Kier molecular flexibility index (Phi) is 2.79. The Hall–Kier alpha value is -0.930. The molecule has 0 bridgehead atoms. The maximum absolute atomic E-state index is 4.08. The summed E-state index contributed by atoms with van der Waals surface area (Å²) in [5, 5.41) is 3.41. The lowest BCUT2D eigenvalue weighted by Crippen LogP contribution is -2.59. The van der Waals surface area contributed by atoms with Crippen LogP contribution >= 0.6 is 0 Å². The maximum Gasteiger partial charge on any atom is 0.136 e. The van der Waals surface area contributed by atoms with Crippen LogP contribution in [0.25, 0.3) is 0 Å². The third-order valence-corrected chi connectivity index (χ3v) is 3.25. The highest BCUT2D eigenvalue weighted by molar-refractivity contribution is 5.41. The second-order valence-corrected chi connectivity index (χ2v) is 3.86. The molecule has 0 saturated carbocycles. The van der Waals surface area contributed by atoms with E-state index >= 15 is 0 Å². The molecule has 1 fully saturated rings. The van der Waals surface area contributed by atoms with E-state index < -0.39 is 0 Å². The summed E-state index contributed by atoms with van der Waals surface area (Å²) in [5.74, 6) is 0. The lowest BCUT2D eigenvalue weighted by molar-refractivity contribution is 0.251. The standard InChI is InChI=1S/C11H18N3/c1-2-14(9-7-13-8-10-14)11-3-5-12-6-4-11/h3-6,13H,2,7-10H2,1H3/q+1. The van der Waals surface area contributed by atoms with Crippen molar-refractivity contribution in [1.29, 1.82) is 0 Å². The number of rotatable bonds is 2. The van der Waals surface area contributed by atoms with Gasteiger partial charge in [0.25, 0.3) is 0 Å². The number of aromatic nitrogens is 1. The molecule has 2 heterocycles. The number of likely N-dealkylation sites (N-methyl/N-ethyl adjacent to an activating group) is 1. The molecule has 1 aromatic rings. The minimum atomic E-state index is 1.11. The van der Waals surface area contributed by atoms with Gasteiger partial charge in [-0.05, 0) is 6.92 Å². The van der Waals surface area contributed by atoms with Crippen molar-refractivity contribution in [3.05, 3.63) is 24.5 Å². The van der Waals surface area contributed by atoms with Crippen LogP contribution in [0, 0.1) is 0 Å². The van der Waals surface area contributed by atoms with Crippen LogP contribution in [0.3, 0.4) is 0 Å². The smallest absolute Gasteiger partial charge is 0.136 e. The molecule has 0 amide bonds. The number of quaternary nitrogens is 1. The molecule has 1 N–H and O–H groups in total.